The molecule has 1 saturated heterocycles. The van der Waals surface area contributed by atoms with Crippen LogP contribution in [-0.4, -0.2) is 11.6 Å². The summed E-state index contributed by atoms with van der Waals surface area (Å²) in [4.78, 5) is 43.8. The van der Waals surface area contributed by atoms with E-state index >= 15 is 0 Å². The van der Waals surface area contributed by atoms with E-state index in [4.69, 9.17) is 0 Å². The monoisotopic (exact) mass is 484 g/mol. The van der Waals surface area contributed by atoms with Gasteiger partial charge in [-0.2, -0.15) is 0 Å². The summed E-state index contributed by atoms with van der Waals surface area (Å²) >= 11 is 0. The molecule has 0 aliphatic carbocycles. The molecule has 0 amide bonds. The van der Waals surface area contributed by atoms with Crippen LogP contribution in [0.1, 0.15) is 25.7 Å². The molecule has 7 N–H and O–H groups in total. The zero-order chi connectivity index (χ0) is 11.7. The molecule has 0 aromatic heterocycles. The van der Waals surface area contributed by atoms with E-state index in [1.54, 1.807) is 0 Å². The second-order valence-corrected chi connectivity index (χ2v) is 7.42. The van der Waals surface area contributed by atoms with E-state index in [0.29, 0.717) is 12.8 Å². The van der Waals surface area contributed by atoms with Crippen LogP contribution in [0, 0.1) is 0 Å². The molecule has 0 spiro atoms. The first-order valence-electron chi connectivity index (χ1n) is 4.50. The van der Waals surface area contributed by atoms with Gasteiger partial charge in [0.1, 0.15) is 0 Å². The van der Waals surface area contributed by atoms with Crippen molar-refractivity contribution in [1.82, 2.24) is 17.6 Å². The van der Waals surface area contributed by atoms with Gasteiger partial charge in [-0.3, -0.25) is 0 Å². The molecule has 0 atom stereocenters. The van der Waals surface area contributed by atoms with Gasteiger partial charge in [0.05, 0.1) is 5.02 Å². The summed E-state index contributed by atoms with van der Waals surface area (Å²) in [7, 11) is -11.0. The molecule has 0 aromatic rings. The van der Waals surface area contributed by atoms with Crippen LogP contribution in [0.25, 0.3) is 0 Å². The fourth-order valence-corrected chi connectivity index (χ4v) is 4.34. The van der Waals surface area contributed by atoms with Crippen LogP contribution in [0.15, 0.2) is 0 Å². The number of nitrogens with one attached hydrogen (secondary N) is 1. The zero-order valence-electron chi connectivity index (χ0n) is 9.61. The molecule has 1 aliphatic rings. The van der Waals surface area contributed by atoms with E-state index in [-0.39, 0.29) is 46.3 Å². The molecule has 0 unspecified atom stereocenters. The van der Waals surface area contributed by atoms with Crippen LogP contribution in [-0.2, 0) is 30.2 Å². The number of hydrogen-bond acceptors (Lipinski definition) is 9. The molecule has 0 radical (unpaired) electrons. The molecule has 0 aromatic carbocycles. The van der Waals surface area contributed by atoms with Crippen LogP contribution in [0.2, 0.25) is 0 Å². The second kappa shape index (κ2) is 8.22. The van der Waals surface area contributed by atoms with Gasteiger partial charge in [-0.1, -0.05) is 12.8 Å². The normalized spacial score (nSPS) is 19.6. The first kappa shape index (κ1) is 23.9. The van der Waals surface area contributed by atoms with Crippen molar-refractivity contribution < 1.29 is 49.8 Å². The summed E-state index contributed by atoms with van der Waals surface area (Å²) < 4.78 is 21.9. The molecule has 1 rings (SSSR count). The largest absolute Gasteiger partial charge is 2.00 e. The van der Waals surface area contributed by atoms with Gasteiger partial charge in [-0.05, 0) is 34.6 Å². The quantitative estimate of drug-likeness (QED) is 0.368. The second-order valence-electron chi connectivity index (χ2n) is 3.55. The SMILES string of the molecule is N.N.O=P([O-])([O-])C1(P(=O)([O-])[O-])CCCCCN1.[Pt+2]. The van der Waals surface area contributed by atoms with E-state index in [9.17, 15) is 28.7 Å². The molecule has 0 saturated carbocycles. The van der Waals surface area contributed by atoms with Crippen LogP contribution < -0.4 is 37.2 Å². The van der Waals surface area contributed by atoms with Gasteiger partial charge in [0.2, 0.25) is 0 Å². The molecule has 1 aliphatic heterocycles. The van der Waals surface area contributed by atoms with E-state index in [0.717, 1.165) is 0 Å². The van der Waals surface area contributed by atoms with Gasteiger partial charge in [0.25, 0.3) is 0 Å². The third kappa shape index (κ3) is 4.76. The van der Waals surface area contributed by atoms with Crippen molar-refractivity contribution in [2.45, 2.75) is 30.7 Å². The summed E-state index contributed by atoms with van der Waals surface area (Å²) in [6, 6.07) is 0. The molecule has 12 heteroatoms. The maximum atomic E-state index is 10.9. The van der Waals surface area contributed by atoms with Crippen molar-refractivity contribution in [3.05, 3.63) is 0 Å². The fraction of sp³-hybridized carbons (Fsp3) is 1.00. The number of rotatable bonds is 2. The maximum absolute atomic E-state index is 10.9. The van der Waals surface area contributed by atoms with Gasteiger partial charge in [0, 0.05) is 0 Å². The van der Waals surface area contributed by atoms with Crippen molar-refractivity contribution >= 4 is 15.2 Å². The Hall–Kier alpha value is 0.868. The van der Waals surface area contributed by atoms with Crippen molar-refractivity contribution in [1.29, 1.82) is 0 Å². The minimum absolute atomic E-state index is 0. The molecule has 0 bridgehead atoms. The minimum Gasteiger partial charge on any atom is -0.809 e. The Kier molecular flexibility index (Phi) is 10.9. The molecule has 1 heterocycles. The Balaban J connectivity index is -0.000000750. The summed E-state index contributed by atoms with van der Waals surface area (Å²) in [6.45, 7) is 0.0446. The summed E-state index contributed by atoms with van der Waals surface area (Å²) in [5.41, 5.74) is 0. The van der Waals surface area contributed by atoms with Gasteiger partial charge in [-0.15, -0.1) is 0 Å². The van der Waals surface area contributed by atoms with E-state index in [1.807, 2.05) is 0 Å². The predicted octanol–water partition coefficient (Wildman–Crippen LogP) is -2.05. The molecular formula is C6H17N3O6P2Pt-2. The van der Waals surface area contributed by atoms with E-state index in [1.165, 1.54) is 0 Å². The molecule has 18 heavy (non-hydrogen) atoms. The Morgan fingerprint density at radius 2 is 1.33 bits per heavy atom. The van der Waals surface area contributed by atoms with Crippen molar-refractivity contribution in [2.75, 3.05) is 6.54 Å². The van der Waals surface area contributed by atoms with E-state index in [2.05, 4.69) is 5.32 Å². The number of hydrogen-bond donors (Lipinski definition) is 3. The van der Waals surface area contributed by atoms with Gasteiger partial charge in [-0.25, -0.2) is 0 Å². The molecule has 114 valence electrons. The standard InChI is InChI=1S/C6H15NO6P2.2H3N.Pt/c8-14(9,10)6(15(11,12)13)4-2-1-3-5-7-6;;;/h7H,1-5H2,(H2,8,9,10)(H2,11,12,13);2*1H3;/q;;;+2/p-4. The van der Waals surface area contributed by atoms with Crippen molar-refractivity contribution in [2.24, 2.45) is 0 Å². The van der Waals surface area contributed by atoms with Crippen molar-refractivity contribution in [3.63, 3.8) is 0 Å². The van der Waals surface area contributed by atoms with Gasteiger partial charge in [0.15, 0.2) is 0 Å². The van der Waals surface area contributed by atoms with Crippen molar-refractivity contribution in [3.8, 4) is 0 Å². The summed E-state index contributed by atoms with van der Waals surface area (Å²) in [5.74, 6) is 0. The van der Waals surface area contributed by atoms with Crippen LogP contribution in [0.4, 0.5) is 0 Å². The average molecular weight is 484 g/mol. The third-order valence-electron chi connectivity index (χ3n) is 2.52. The maximum Gasteiger partial charge on any atom is 2.00 e. The molecular weight excluding hydrogens is 467 g/mol. The average Bonchev–Trinajstić information content (AvgIpc) is 2.25. The Bertz CT molecular complexity index is 299. The Morgan fingerprint density at radius 1 is 0.889 bits per heavy atom. The molecule has 9 nitrogen and oxygen atoms in total. The predicted molar refractivity (Wildman–Crippen MR) is 54.5 cm³/mol. The van der Waals surface area contributed by atoms with Gasteiger partial charge >= 0.3 is 21.1 Å². The minimum atomic E-state index is -5.52. The first-order valence-corrected chi connectivity index (χ1v) is 7.59. The van der Waals surface area contributed by atoms with Crippen LogP contribution in [0.3, 0.4) is 0 Å². The molecule has 1 fully saturated rings. The van der Waals surface area contributed by atoms with Crippen LogP contribution >= 0.6 is 15.2 Å². The third-order valence-corrected chi connectivity index (χ3v) is 6.56. The fourth-order valence-electron chi connectivity index (χ4n) is 1.67. The smallest absolute Gasteiger partial charge is 0.809 e. The topological polar surface area (TPSA) is 208 Å². The Morgan fingerprint density at radius 3 is 1.72 bits per heavy atom. The summed E-state index contributed by atoms with van der Waals surface area (Å²) in [6.07, 6.45) is 0.911. The Labute approximate surface area is 120 Å². The first-order chi connectivity index (χ1) is 6.71. The van der Waals surface area contributed by atoms with Gasteiger partial charge < -0.3 is 46.3 Å². The van der Waals surface area contributed by atoms with E-state index < -0.39 is 26.6 Å². The van der Waals surface area contributed by atoms with Crippen LogP contribution in [0.5, 0.6) is 0 Å². The summed E-state index contributed by atoms with van der Waals surface area (Å²) in [5, 5.41) is -0.724. The zero-order valence-corrected chi connectivity index (χ0v) is 13.7.